The fraction of sp³-hybridized carbons (Fsp3) is 0.364. The van der Waals surface area contributed by atoms with Crippen molar-refractivity contribution < 1.29 is 4.74 Å². The van der Waals surface area contributed by atoms with Crippen molar-refractivity contribution in [1.29, 1.82) is 5.26 Å². The third-order valence-corrected chi connectivity index (χ3v) is 5.36. The second-order valence-corrected chi connectivity index (χ2v) is 8.07. The number of methoxy groups -OCH3 is 1. The summed E-state index contributed by atoms with van der Waals surface area (Å²) in [5, 5.41) is 20.7. The second kappa shape index (κ2) is 7.76. The molecule has 0 bridgehead atoms. The highest BCUT2D eigenvalue weighted by molar-refractivity contribution is 5.76. The predicted molar refractivity (Wildman–Crippen MR) is 116 cm³/mol. The lowest BCUT2D eigenvalue weighted by atomic mass is 9.83. The Morgan fingerprint density at radius 2 is 2.20 bits per heavy atom. The zero-order valence-corrected chi connectivity index (χ0v) is 17.6. The second-order valence-electron chi connectivity index (χ2n) is 8.07. The summed E-state index contributed by atoms with van der Waals surface area (Å²) < 4.78 is 7.31. The van der Waals surface area contributed by atoms with Crippen molar-refractivity contribution in [2.75, 3.05) is 30.9 Å². The minimum absolute atomic E-state index is 0.205. The maximum atomic E-state index is 9.69. The fourth-order valence-corrected chi connectivity index (χ4v) is 3.76. The van der Waals surface area contributed by atoms with Crippen molar-refractivity contribution in [2.24, 2.45) is 0 Å². The van der Waals surface area contributed by atoms with Gasteiger partial charge in [0.1, 0.15) is 6.07 Å². The largest absolute Gasteiger partial charge is 0.384 e. The van der Waals surface area contributed by atoms with Crippen molar-refractivity contribution in [3.8, 4) is 17.3 Å². The molecular weight excluding hydrogens is 378 g/mol. The lowest BCUT2D eigenvalue weighted by molar-refractivity contribution is 0.147. The molecule has 8 heteroatoms. The van der Waals surface area contributed by atoms with Crippen LogP contribution in [0, 0.1) is 11.3 Å². The maximum Gasteiger partial charge on any atom is 0.228 e. The molecule has 0 spiro atoms. The number of nitriles is 1. The summed E-state index contributed by atoms with van der Waals surface area (Å²) in [6.07, 6.45) is 3.62. The Kier molecular flexibility index (Phi) is 5.14. The van der Waals surface area contributed by atoms with E-state index in [4.69, 9.17) is 4.74 Å². The van der Waals surface area contributed by atoms with Gasteiger partial charge in [0.2, 0.25) is 5.95 Å². The summed E-state index contributed by atoms with van der Waals surface area (Å²) in [5.74, 6) is 1.14. The molecule has 1 atom stereocenters. The topological polar surface area (TPSA) is 101 Å². The molecule has 0 saturated carbocycles. The number of fused-ring (bicyclic) bond motifs is 1. The van der Waals surface area contributed by atoms with Crippen molar-refractivity contribution in [2.45, 2.75) is 32.2 Å². The minimum atomic E-state index is -0.205. The van der Waals surface area contributed by atoms with Crippen LogP contribution in [0.1, 0.15) is 37.9 Å². The normalized spacial score (nSPS) is 17.5. The first-order valence-corrected chi connectivity index (χ1v) is 9.90. The van der Waals surface area contributed by atoms with Gasteiger partial charge in [0.05, 0.1) is 23.6 Å². The van der Waals surface area contributed by atoms with Crippen molar-refractivity contribution in [1.82, 2.24) is 19.7 Å². The molecule has 0 amide bonds. The van der Waals surface area contributed by atoms with E-state index >= 15 is 0 Å². The number of ether oxygens (including phenoxy) is 1. The summed E-state index contributed by atoms with van der Waals surface area (Å²) in [7, 11) is 1.70. The van der Waals surface area contributed by atoms with Gasteiger partial charge < -0.3 is 15.4 Å². The highest BCUT2D eigenvalue weighted by Gasteiger charge is 2.36. The summed E-state index contributed by atoms with van der Waals surface area (Å²) in [6, 6.07) is 10.3. The SMILES string of the molecule is COC[C@@]1(C)CNc2c(C#N)cc(-c3ccnc(Nc4ccn(C(C)C)n4)n3)cc21. The zero-order valence-electron chi connectivity index (χ0n) is 17.6. The van der Waals surface area contributed by atoms with Crippen LogP contribution >= 0.6 is 0 Å². The van der Waals surface area contributed by atoms with Crippen LogP contribution in [-0.4, -0.2) is 40.0 Å². The van der Waals surface area contributed by atoms with Crippen LogP contribution in [0.15, 0.2) is 36.7 Å². The molecule has 1 aliphatic rings. The first kappa shape index (κ1) is 19.9. The first-order valence-electron chi connectivity index (χ1n) is 9.90. The van der Waals surface area contributed by atoms with Crippen LogP contribution in [-0.2, 0) is 10.2 Å². The molecule has 154 valence electrons. The number of nitrogens with zero attached hydrogens (tertiary/aromatic N) is 5. The quantitative estimate of drug-likeness (QED) is 0.644. The van der Waals surface area contributed by atoms with Crippen molar-refractivity contribution in [3.05, 3.63) is 47.8 Å². The molecule has 2 aromatic heterocycles. The van der Waals surface area contributed by atoms with E-state index in [9.17, 15) is 5.26 Å². The van der Waals surface area contributed by atoms with Gasteiger partial charge in [-0.1, -0.05) is 6.92 Å². The number of hydrogen-bond acceptors (Lipinski definition) is 7. The van der Waals surface area contributed by atoms with Gasteiger partial charge in [-0.05, 0) is 37.6 Å². The molecule has 0 unspecified atom stereocenters. The average molecular weight is 403 g/mol. The molecular formula is C22H25N7O. The van der Waals surface area contributed by atoms with Gasteiger partial charge in [-0.25, -0.2) is 9.97 Å². The number of anilines is 3. The Hall–Kier alpha value is -3.44. The Bertz CT molecular complexity index is 1110. The van der Waals surface area contributed by atoms with Crippen LogP contribution in [0.2, 0.25) is 0 Å². The van der Waals surface area contributed by atoms with E-state index in [0.29, 0.717) is 23.9 Å². The standard InChI is InChI=1S/C22H25N7O/c1-14(2)29-8-6-19(28-29)27-21-24-7-5-18(26-21)15-9-16(11-23)20-17(10-15)22(3,12-25-20)13-30-4/h5-10,14,25H,12-13H2,1-4H3,(H,24,26,27,28)/t22-/m1/s1. The van der Waals surface area contributed by atoms with Gasteiger partial charge in [0, 0.05) is 49.1 Å². The minimum Gasteiger partial charge on any atom is -0.384 e. The van der Waals surface area contributed by atoms with Crippen molar-refractivity contribution in [3.63, 3.8) is 0 Å². The van der Waals surface area contributed by atoms with E-state index in [-0.39, 0.29) is 11.5 Å². The molecule has 3 aromatic rings. The van der Waals surface area contributed by atoms with Gasteiger partial charge in [-0.15, -0.1) is 0 Å². The average Bonchev–Trinajstić information content (AvgIpc) is 3.33. The molecule has 0 fully saturated rings. The Morgan fingerprint density at radius 1 is 1.37 bits per heavy atom. The molecule has 1 aliphatic heterocycles. The summed E-state index contributed by atoms with van der Waals surface area (Å²) >= 11 is 0. The smallest absolute Gasteiger partial charge is 0.228 e. The molecule has 1 aromatic carbocycles. The fourth-order valence-electron chi connectivity index (χ4n) is 3.76. The van der Waals surface area contributed by atoms with E-state index in [1.807, 2.05) is 29.1 Å². The van der Waals surface area contributed by atoms with E-state index in [1.54, 1.807) is 13.3 Å². The van der Waals surface area contributed by atoms with Gasteiger partial charge >= 0.3 is 0 Å². The van der Waals surface area contributed by atoms with Crippen LogP contribution < -0.4 is 10.6 Å². The molecule has 2 N–H and O–H groups in total. The van der Waals surface area contributed by atoms with Crippen molar-refractivity contribution >= 4 is 17.5 Å². The molecule has 3 heterocycles. The lowest BCUT2D eigenvalue weighted by Gasteiger charge is -2.23. The zero-order chi connectivity index (χ0) is 21.3. The highest BCUT2D eigenvalue weighted by atomic mass is 16.5. The Morgan fingerprint density at radius 3 is 2.90 bits per heavy atom. The number of benzene rings is 1. The third kappa shape index (κ3) is 3.60. The van der Waals surface area contributed by atoms with Gasteiger partial charge in [-0.3, -0.25) is 4.68 Å². The summed E-state index contributed by atoms with van der Waals surface area (Å²) in [6.45, 7) is 7.57. The Balaban J connectivity index is 1.69. The first-order chi connectivity index (χ1) is 14.4. The number of aromatic nitrogens is 4. The summed E-state index contributed by atoms with van der Waals surface area (Å²) in [5.41, 5.74) is 3.96. The molecule has 30 heavy (non-hydrogen) atoms. The Labute approximate surface area is 175 Å². The molecule has 0 aliphatic carbocycles. The van der Waals surface area contributed by atoms with E-state index in [1.165, 1.54) is 0 Å². The number of nitrogens with one attached hydrogen (secondary N) is 2. The highest BCUT2D eigenvalue weighted by Crippen LogP contribution is 2.41. The van der Waals surface area contributed by atoms with E-state index < -0.39 is 0 Å². The molecule has 8 nitrogen and oxygen atoms in total. The van der Waals surface area contributed by atoms with E-state index in [0.717, 1.165) is 29.1 Å². The predicted octanol–water partition coefficient (Wildman–Crippen LogP) is 3.87. The molecule has 0 saturated heterocycles. The van der Waals surface area contributed by atoms with Crippen LogP contribution in [0.25, 0.3) is 11.3 Å². The summed E-state index contributed by atoms with van der Waals surface area (Å²) in [4.78, 5) is 8.97. The maximum absolute atomic E-state index is 9.69. The van der Waals surface area contributed by atoms with Gasteiger partial charge in [0.25, 0.3) is 0 Å². The van der Waals surface area contributed by atoms with Crippen LogP contribution in [0.4, 0.5) is 17.5 Å². The lowest BCUT2D eigenvalue weighted by Crippen LogP contribution is -2.29. The monoisotopic (exact) mass is 403 g/mol. The van der Waals surface area contributed by atoms with Crippen LogP contribution in [0.5, 0.6) is 0 Å². The van der Waals surface area contributed by atoms with Gasteiger partial charge in [0.15, 0.2) is 5.82 Å². The molecule has 0 radical (unpaired) electrons. The van der Waals surface area contributed by atoms with Crippen LogP contribution in [0.3, 0.4) is 0 Å². The third-order valence-electron chi connectivity index (χ3n) is 5.36. The number of hydrogen-bond donors (Lipinski definition) is 2. The number of rotatable bonds is 6. The molecule has 4 rings (SSSR count). The van der Waals surface area contributed by atoms with E-state index in [2.05, 4.69) is 58.6 Å². The van der Waals surface area contributed by atoms with Gasteiger partial charge in [-0.2, -0.15) is 10.4 Å².